The van der Waals surface area contributed by atoms with Crippen molar-refractivity contribution in [3.05, 3.63) is 0 Å². The molecule has 0 aliphatic carbocycles. The van der Waals surface area contributed by atoms with Crippen molar-refractivity contribution in [2.75, 3.05) is 19.6 Å². The highest BCUT2D eigenvalue weighted by Gasteiger charge is 2.20. The first-order valence-electron chi connectivity index (χ1n) is 6.15. The van der Waals surface area contributed by atoms with E-state index in [0.29, 0.717) is 10.9 Å². The molecule has 1 heterocycles. The maximum Gasteiger partial charge on any atom is 0.0768 e. The molecule has 88 valence electrons. The SMILES string of the molecule is CCCC1CCN(CC(C)C(N)=S)CC1. The van der Waals surface area contributed by atoms with Crippen LogP contribution in [0.5, 0.6) is 0 Å². The molecule has 1 aliphatic heterocycles. The molecule has 0 aromatic rings. The maximum absolute atomic E-state index is 5.63. The lowest BCUT2D eigenvalue weighted by Crippen LogP contribution is -2.39. The number of nitrogens with two attached hydrogens (primary N) is 1. The molecule has 0 amide bonds. The van der Waals surface area contributed by atoms with Gasteiger partial charge in [-0.25, -0.2) is 0 Å². The van der Waals surface area contributed by atoms with E-state index >= 15 is 0 Å². The Kier molecular flexibility index (Phi) is 5.54. The second-order valence-electron chi connectivity index (χ2n) is 4.84. The monoisotopic (exact) mass is 228 g/mol. The normalized spacial score (nSPS) is 21.5. The minimum Gasteiger partial charge on any atom is -0.393 e. The van der Waals surface area contributed by atoms with E-state index < -0.39 is 0 Å². The van der Waals surface area contributed by atoms with Gasteiger partial charge in [-0.15, -0.1) is 0 Å². The van der Waals surface area contributed by atoms with Crippen molar-refractivity contribution in [1.82, 2.24) is 4.90 Å². The number of hydrogen-bond acceptors (Lipinski definition) is 2. The fourth-order valence-electron chi connectivity index (χ4n) is 2.34. The van der Waals surface area contributed by atoms with E-state index in [0.717, 1.165) is 12.5 Å². The van der Waals surface area contributed by atoms with E-state index in [-0.39, 0.29) is 0 Å². The maximum atomic E-state index is 5.63. The quantitative estimate of drug-likeness (QED) is 0.733. The Balaban J connectivity index is 2.22. The van der Waals surface area contributed by atoms with E-state index in [2.05, 4.69) is 18.7 Å². The highest BCUT2D eigenvalue weighted by Crippen LogP contribution is 2.22. The lowest BCUT2D eigenvalue weighted by molar-refractivity contribution is 0.171. The molecule has 0 aromatic heterocycles. The number of thiocarbonyl (C=S) groups is 1. The summed E-state index contributed by atoms with van der Waals surface area (Å²) in [7, 11) is 0. The molecule has 1 unspecified atom stereocenters. The molecular formula is C12H24N2S. The summed E-state index contributed by atoms with van der Waals surface area (Å²) in [5.74, 6) is 1.33. The molecule has 1 atom stereocenters. The van der Waals surface area contributed by atoms with Crippen LogP contribution in [0.4, 0.5) is 0 Å². The zero-order chi connectivity index (χ0) is 11.3. The number of likely N-dealkylation sites (tertiary alicyclic amines) is 1. The average molecular weight is 228 g/mol. The smallest absolute Gasteiger partial charge is 0.0768 e. The van der Waals surface area contributed by atoms with Crippen LogP contribution in [0.1, 0.15) is 39.5 Å². The van der Waals surface area contributed by atoms with Crippen molar-refractivity contribution in [3.8, 4) is 0 Å². The Bertz CT molecular complexity index is 198. The third-order valence-electron chi connectivity index (χ3n) is 3.42. The number of nitrogens with zero attached hydrogens (tertiary/aromatic N) is 1. The van der Waals surface area contributed by atoms with Gasteiger partial charge in [0.15, 0.2) is 0 Å². The molecule has 0 aromatic carbocycles. The summed E-state index contributed by atoms with van der Waals surface area (Å²) in [5.41, 5.74) is 5.63. The minimum absolute atomic E-state index is 0.364. The van der Waals surface area contributed by atoms with Crippen LogP contribution in [0.2, 0.25) is 0 Å². The van der Waals surface area contributed by atoms with Gasteiger partial charge in [-0.05, 0) is 31.8 Å². The van der Waals surface area contributed by atoms with Crippen molar-refractivity contribution in [2.45, 2.75) is 39.5 Å². The topological polar surface area (TPSA) is 29.3 Å². The van der Waals surface area contributed by atoms with Gasteiger partial charge in [0.2, 0.25) is 0 Å². The van der Waals surface area contributed by atoms with Crippen LogP contribution in [0, 0.1) is 11.8 Å². The van der Waals surface area contributed by atoms with Gasteiger partial charge in [-0.2, -0.15) is 0 Å². The molecule has 2 N–H and O–H groups in total. The van der Waals surface area contributed by atoms with Crippen molar-refractivity contribution in [1.29, 1.82) is 0 Å². The summed E-state index contributed by atoms with van der Waals surface area (Å²) in [5, 5.41) is 0. The predicted octanol–water partition coefficient (Wildman–Crippen LogP) is 2.42. The summed E-state index contributed by atoms with van der Waals surface area (Å²) in [6, 6.07) is 0. The molecule has 1 fully saturated rings. The Morgan fingerprint density at radius 2 is 2.07 bits per heavy atom. The Labute approximate surface area is 99.2 Å². The third kappa shape index (κ3) is 4.47. The number of hydrogen-bond donors (Lipinski definition) is 1. The highest BCUT2D eigenvalue weighted by atomic mass is 32.1. The van der Waals surface area contributed by atoms with Gasteiger partial charge in [0, 0.05) is 12.5 Å². The van der Waals surface area contributed by atoms with Gasteiger partial charge in [-0.3, -0.25) is 0 Å². The summed E-state index contributed by atoms with van der Waals surface area (Å²) >= 11 is 5.00. The third-order valence-corrected chi connectivity index (χ3v) is 3.82. The van der Waals surface area contributed by atoms with E-state index in [1.807, 2.05) is 0 Å². The van der Waals surface area contributed by atoms with Crippen LogP contribution in [-0.2, 0) is 0 Å². The molecule has 1 rings (SSSR count). The molecule has 0 radical (unpaired) electrons. The lowest BCUT2D eigenvalue weighted by Gasteiger charge is -2.33. The van der Waals surface area contributed by atoms with E-state index in [9.17, 15) is 0 Å². The lowest BCUT2D eigenvalue weighted by atomic mass is 9.92. The van der Waals surface area contributed by atoms with Gasteiger partial charge in [0.05, 0.1) is 4.99 Å². The first-order chi connectivity index (χ1) is 7.13. The molecule has 0 spiro atoms. The number of rotatable bonds is 5. The first-order valence-corrected chi connectivity index (χ1v) is 6.56. The Morgan fingerprint density at radius 3 is 2.53 bits per heavy atom. The van der Waals surface area contributed by atoms with E-state index in [1.54, 1.807) is 0 Å². The molecule has 3 heteroatoms. The molecule has 1 saturated heterocycles. The fraction of sp³-hybridized carbons (Fsp3) is 0.917. The van der Waals surface area contributed by atoms with Crippen molar-refractivity contribution >= 4 is 17.2 Å². The summed E-state index contributed by atoms with van der Waals surface area (Å²) < 4.78 is 0. The average Bonchev–Trinajstić information content (AvgIpc) is 2.21. The van der Waals surface area contributed by atoms with Gasteiger partial charge in [-0.1, -0.05) is 38.9 Å². The zero-order valence-electron chi connectivity index (χ0n) is 10.0. The van der Waals surface area contributed by atoms with Crippen LogP contribution in [-0.4, -0.2) is 29.5 Å². The molecule has 2 nitrogen and oxygen atoms in total. The summed E-state index contributed by atoms with van der Waals surface area (Å²) in [6.45, 7) is 7.92. The van der Waals surface area contributed by atoms with E-state index in [1.165, 1.54) is 38.8 Å². The zero-order valence-corrected chi connectivity index (χ0v) is 10.9. The molecule has 1 aliphatic rings. The molecule has 0 bridgehead atoms. The van der Waals surface area contributed by atoms with Crippen molar-refractivity contribution < 1.29 is 0 Å². The second kappa shape index (κ2) is 6.44. The van der Waals surface area contributed by atoms with Crippen molar-refractivity contribution in [3.63, 3.8) is 0 Å². The van der Waals surface area contributed by atoms with Crippen LogP contribution >= 0.6 is 12.2 Å². The molecule has 0 saturated carbocycles. The van der Waals surface area contributed by atoms with Crippen molar-refractivity contribution in [2.24, 2.45) is 17.6 Å². The summed E-state index contributed by atoms with van der Waals surface area (Å²) in [6.07, 6.45) is 5.45. The second-order valence-corrected chi connectivity index (χ2v) is 5.31. The fourth-order valence-corrected chi connectivity index (χ4v) is 2.42. The van der Waals surface area contributed by atoms with Crippen LogP contribution in [0.25, 0.3) is 0 Å². The van der Waals surface area contributed by atoms with Crippen LogP contribution in [0.3, 0.4) is 0 Å². The van der Waals surface area contributed by atoms with Gasteiger partial charge >= 0.3 is 0 Å². The molecule has 15 heavy (non-hydrogen) atoms. The number of piperidine rings is 1. The van der Waals surface area contributed by atoms with Gasteiger partial charge < -0.3 is 10.6 Å². The van der Waals surface area contributed by atoms with E-state index in [4.69, 9.17) is 18.0 Å². The highest BCUT2D eigenvalue weighted by molar-refractivity contribution is 7.80. The Hall–Kier alpha value is -0.150. The van der Waals surface area contributed by atoms with Crippen LogP contribution < -0.4 is 5.73 Å². The van der Waals surface area contributed by atoms with Crippen LogP contribution in [0.15, 0.2) is 0 Å². The standard InChI is InChI=1S/C12H24N2S/c1-3-4-11-5-7-14(8-6-11)9-10(2)12(13)15/h10-11H,3-9H2,1-2H3,(H2,13,15). The molecular weight excluding hydrogens is 204 g/mol. The largest absolute Gasteiger partial charge is 0.393 e. The minimum atomic E-state index is 0.364. The Morgan fingerprint density at radius 1 is 1.47 bits per heavy atom. The predicted molar refractivity (Wildman–Crippen MR) is 70.0 cm³/mol. The first kappa shape index (κ1) is 12.9. The van der Waals surface area contributed by atoms with Gasteiger partial charge in [0.25, 0.3) is 0 Å². The van der Waals surface area contributed by atoms with Gasteiger partial charge in [0.1, 0.15) is 0 Å². The summed E-state index contributed by atoms with van der Waals surface area (Å²) in [4.78, 5) is 3.17.